The number of pyridine rings is 1. The van der Waals surface area contributed by atoms with Gasteiger partial charge in [-0.2, -0.15) is 0 Å². The first-order valence-corrected chi connectivity index (χ1v) is 10.2. The monoisotopic (exact) mass is 381 g/mol. The number of hydrogen-bond acceptors (Lipinski definition) is 5. The van der Waals surface area contributed by atoms with E-state index in [1.54, 1.807) is 0 Å². The molecule has 1 aliphatic carbocycles. The number of amides is 1. The number of nitrogens with one attached hydrogen (secondary N) is 1. The van der Waals surface area contributed by atoms with Gasteiger partial charge in [-0.05, 0) is 49.8 Å². The smallest absolute Gasteiger partial charge is 0.263 e. The number of benzene rings is 1. The van der Waals surface area contributed by atoms with Crippen molar-refractivity contribution in [3.05, 3.63) is 57.7 Å². The predicted octanol–water partition coefficient (Wildman–Crippen LogP) is 3.80. The fraction of sp³-hybridized carbons (Fsp3) is 0.381. The van der Waals surface area contributed by atoms with E-state index >= 15 is 0 Å². The van der Waals surface area contributed by atoms with Crippen LogP contribution in [-0.2, 0) is 6.42 Å². The van der Waals surface area contributed by atoms with Gasteiger partial charge in [-0.25, -0.2) is 4.98 Å². The fourth-order valence-corrected chi connectivity index (χ4v) is 4.56. The van der Waals surface area contributed by atoms with Crippen LogP contribution in [-0.4, -0.2) is 27.1 Å². The zero-order valence-corrected chi connectivity index (χ0v) is 16.3. The zero-order valence-electron chi connectivity index (χ0n) is 15.5. The highest BCUT2D eigenvalue weighted by Gasteiger charge is 2.36. The van der Waals surface area contributed by atoms with Gasteiger partial charge in [0, 0.05) is 11.6 Å². The van der Waals surface area contributed by atoms with Crippen molar-refractivity contribution in [3.63, 3.8) is 0 Å². The van der Waals surface area contributed by atoms with Crippen molar-refractivity contribution in [1.82, 2.24) is 15.3 Å². The lowest BCUT2D eigenvalue weighted by molar-refractivity contribution is 0.0235. The number of aryl methyl sites for hydroxylation is 2. The van der Waals surface area contributed by atoms with Crippen molar-refractivity contribution < 1.29 is 9.90 Å². The van der Waals surface area contributed by atoms with Gasteiger partial charge in [-0.15, -0.1) is 11.3 Å². The molecule has 0 bridgehead atoms. The number of thiazole rings is 1. The van der Waals surface area contributed by atoms with Crippen molar-refractivity contribution in [2.75, 3.05) is 0 Å². The van der Waals surface area contributed by atoms with E-state index in [0.29, 0.717) is 17.7 Å². The average Bonchev–Trinajstić information content (AvgIpc) is 3.04. The van der Waals surface area contributed by atoms with E-state index in [9.17, 15) is 9.90 Å². The van der Waals surface area contributed by atoms with Crippen LogP contribution in [0, 0.1) is 12.8 Å². The molecule has 6 heteroatoms. The van der Waals surface area contributed by atoms with Crippen molar-refractivity contribution in [3.8, 4) is 0 Å². The highest BCUT2D eigenvalue weighted by molar-refractivity contribution is 7.13. The maximum atomic E-state index is 12.9. The van der Waals surface area contributed by atoms with E-state index < -0.39 is 0 Å². The number of nitrogens with zero attached hydrogens (tertiary/aromatic N) is 2. The minimum atomic E-state index is -0.278. The van der Waals surface area contributed by atoms with E-state index in [1.807, 2.05) is 44.3 Å². The van der Waals surface area contributed by atoms with Crippen LogP contribution in [0.3, 0.4) is 0 Å². The topological polar surface area (TPSA) is 75.1 Å². The van der Waals surface area contributed by atoms with Gasteiger partial charge in [0.15, 0.2) is 0 Å². The van der Waals surface area contributed by atoms with E-state index in [-0.39, 0.29) is 24.0 Å². The quantitative estimate of drug-likeness (QED) is 0.705. The van der Waals surface area contributed by atoms with Crippen molar-refractivity contribution in [1.29, 1.82) is 0 Å². The average molecular weight is 382 g/mol. The number of fused-ring (bicyclic) bond motifs is 1. The van der Waals surface area contributed by atoms with Crippen LogP contribution >= 0.6 is 11.3 Å². The molecule has 2 N–H and O–H groups in total. The van der Waals surface area contributed by atoms with Crippen LogP contribution in [0.5, 0.6) is 0 Å². The van der Waals surface area contributed by atoms with E-state index in [2.05, 4.69) is 21.4 Å². The summed E-state index contributed by atoms with van der Waals surface area (Å²) >= 11 is 1.46. The largest absolute Gasteiger partial charge is 0.393 e. The third kappa shape index (κ3) is 3.59. The van der Waals surface area contributed by atoms with Crippen LogP contribution in [0.4, 0.5) is 0 Å². The van der Waals surface area contributed by atoms with E-state index in [4.69, 9.17) is 0 Å². The summed E-state index contributed by atoms with van der Waals surface area (Å²) in [6.45, 7) is 3.92. The number of carbonyl (C=O) groups is 1. The van der Waals surface area contributed by atoms with E-state index in [0.717, 1.165) is 33.6 Å². The summed E-state index contributed by atoms with van der Waals surface area (Å²) in [5.74, 6) is 0.120. The van der Waals surface area contributed by atoms with Gasteiger partial charge in [0.2, 0.25) is 0 Å². The Hall–Kier alpha value is -2.31. The third-order valence-corrected chi connectivity index (χ3v) is 6.53. The summed E-state index contributed by atoms with van der Waals surface area (Å²) in [6.07, 6.45) is 3.78. The first-order chi connectivity index (χ1) is 13.0. The summed E-state index contributed by atoms with van der Waals surface area (Å²) in [4.78, 5) is 22.6. The number of aliphatic hydroxyl groups is 1. The molecule has 0 saturated heterocycles. The molecule has 140 valence electrons. The number of rotatable bonds is 5. The molecular weight excluding hydrogens is 358 g/mol. The van der Waals surface area contributed by atoms with Crippen molar-refractivity contribution in [2.24, 2.45) is 5.92 Å². The molecule has 1 atom stereocenters. The van der Waals surface area contributed by atoms with Crippen LogP contribution in [0.15, 0.2) is 36.5 Å². The molecule has 0 radical (unpaired) electrons. The lowest BCUT2D eigenvalue weighted by Gasteiger charge is -2.38. The Labute approximate surface area is 162 Å². The molecule has 2 aromatic heterocycles. The second kappa shape index (κ2) is 7.37. The standard InChI is InChI=1S/C21H23N3O2S/c1-3-18-23-12(2)20(27-18)21(26)24-19(14-9-16(25)10-14)15-8-13-6-4-5-7-17(13)22-11-15/h4-8,11,14,16,19,25H,3,9-10H2,1-2H3,(H,24,26)/t14?,16?,19-/m1/s1. The molecule has 4 rings (SSSR count). The fourth-order valence-electron chi connectivity index (χ4n) is 3.65. The number of hydrogen-bond donors (Lipinski definition) is 2. The lowest BCUT2D eigenvalue weighted by atomic mass is 9.75. The SMILES string of the molecule is CCc1nc(C)c(C(=O)N[C@@H](c2cnc3ccccc3c2)C2CC(O)C2)s1. The minimum Gasteiger partial charge on any atom is -0.393 e. The molecule has 2 heterocycles. The Bertz CT molecular complexity index is 978. The third-order valence-electron chi connectivity index (χ3n) is 5.23. The summed E-state index contributed by atoms with van der Waals surface area (Å²) in [6, 6.07) is 9.89. The highest BCUT2D eigenvalue weighted by Crippen LogP contribution is 2.39. The van der Waals surface area contributed by atoms with Crippen LogP contribution in [0.25, 0.3) is 10.9 Å². The molecule has 0 unspecified atom stereocenters. The van der Waals surface area contributed by atoms with Gasteiger partial charge < -0.3 is 10.4 Å². The molecule has 1 saturated carbocycles. The Kier molecular flexibility index (Phi) is 4.93. The number of aliphatic hydroxyl groups excluding tert-OH is 1. The van der Waals surface area contributed by atoms with Gasteiger partial charge in [-0.3, -0.25) is 9.78 Å². The Morgan fingerprint density at radius 3 is 2.85 bits per heavy atom. The van der Waals surface area contributed by atoms with Crippen molar-refractivity contribution >= 4 is 28.1 Å². The number of para-hydroxylation sites is 1. The zero-order chi connectivity index (χ0) is 19.0. The number of carbonyl (C=O) groups excluding carboxylic acids is 1. The maximum Gasteiger partial charge on any atom is 0.263 e. The second-order valence-electron chi connectivity index (χ2n) is 7.17. The molecule has 1 fully saturated rings. The molecule has 0 aliphatic heterocycles. The summed E-state index contributed by atoms with van der Waals surface area (Å²) in [7, 11) is 0. The van der Waals surface area contributed by atoms with Gasteiger partial charge in [0.05, 0.1) is 28.4 Å². The molecule has 0 spiro atoms. The van der Waals surface area contributed by atoms with Gasteiger partial charge in [-0.1, -0.05) is 25.1 Å². The van der Waals surface area contributed by atoms with Gasteiger partial charge >= 0.3 is 0 Å². The van der Waals surface area contributed by atoms with Crippen LogP contribution in [0.1, 0.15) is 51.7 Å². The highest BCUT2D eigenvalue weighted by atomic mass is 32.1. The Morgan fingerprint density at radius 2 is 2.15 bits per heavy atom. The van der Waals surface area contributed by atoms with Crippen molar-refractivity contribution in [2.45, 2.75) is 45.3 Å². The predicted molar refractivity (Wildman–Crippen MR) is 107 cm³/mol. The summed E-state index contributed by atoms with van der Waals surface area (Å²) in [5.41, 5.74) is 2.70. The normalized spacial score (nSPS) is 20.3. The minimum absolute atomic E-state index is 0.0933. The Balaban J connectivity index is 1.64. The van der Waals surface area contributed by atoms with Crippen LogP contribution in [0.2, 0.25) is 0 Å². The second-order valence-corrected chi connectivity index (χ2v) is 8.26. The first-order valence-electron chi connectivity index (χ1n) is 9.35. The van der Waals surface area contributed by atoms with Gasteiger partial charge in [0.1, 0.15) is 4.88 Å². The van der Waals surface area contributed by atoms with E-state index in [1.165, 1.54) is 11.3 Å². The lowest BCUT2D eigenvalue weighted by Crippen LogP contribution is -2.41. The molecule has 1 aliphatic rings. The molecule has 1 amide bonds. The molecular formula is C21H23N3O2S. The molecule has 27 heavy (non-hydrogen) atoms. The summed E-state index contributed by atoms with van der Waals surface area (Å²) in [5, 5.41) is 15.0. The van der Waals surface area contributed by atoms with Crippen LogP contribution < -0.4 is 5.32 Å². The number of aromatic nitrogens is 2. The first kappa shape index (κ1) is 18.1. The molecule has 5 nitrogen and oxygen atoms in total. The molecule has 1 aromatic carbocycles. The van der Waals surface area contributed by atoms with Gasteiger partial charge in [0.25, 0.3) is 5.91 Å². The summed E-state index contributed by atoms with van der Waals surface area (Å²) < 4.78 is 0. The Morgan fingerprint density at radius 1 is 1.37 bits per heavy atom. The molecule has 3 aromatic rings. The maximum absolute atomic E-state index is 12.9.